The summed E-state index contributed by atoms with van der Waals surface area (Å²) in [7, 11) is 0. The molecular formula is C40H64N10O11S. The van der Waals surface area contributed by atoms with E-state index in [0.717, 1.165) is 11.8 Å². The lowest BCUT2D eigenvalue weighted by atomic mass is 10.0. The molecule has 1 aromatic rings. The number of aliphatic imine (C=N–C) groups is 1. The quantitative estimate of drug-likeness (QED) is 0.0213. The molecule has 1 rings (SSSR count). The number of amides is 7. The van der Waals surface area contributed by atoms with E-state index in [1.54, 1.807) is 32.9 Å². The van der Waals surface area contributed by atoms with Crippen LogP contribution in [0.2, 0.25) is 0 Å². The summed E-state index contributed by atoms with van der Waals surface area (Å²) in [6.07, 6.45) is -0.423. The first kappa shape index (κ1) is 54.1. The molecule has 346 valence electrons. The van der Waals surface area contributed by atoms with Crippen LogP contribution in [0.25, 0.3) is 0 Å². The second-order valence-corrected chi connectivity index (χ2v) is 16.3. The first-order chi connectivity index (χ1) is 29.0. The zero-order chi connectivity index (χ0) is 47.1. The first-order valence-electron chi connectivity index (χ1n) is 20.3. The van der Waals surface area contributed by atoms with E-state index in [1.165, 1.54) is 26.0 Å². The van der Waals surface area contributed by atoms with Crippen LogP contribution in [-0.4, -0.2) is 119 Å². The van der Waals surface area contributed by atoms with Crippen molar-refractivity contribution in [2.24, 2.45) is 34.0 Å². The van der Waals surface area contributed by atoms with E-state index in [4.69, 9.17) is 21.9 Å². The number of rotatable bonds is 27. The molecule has 22 heteroatoms. The third-order valence-corrected chi connectivity index (χ3v) is 9.80. The molecular weight excluding hydrogens is 829 g/mol. The Morgan fingerprint density at radius 3 is 1.85 bits per heavy atom. The normalized spacial score (nSPS) is 13.8. The van der Waals surface area contributed by atoms with Crippen molar-refractivity contribution in [2.45, 2.75) is 123 Å². The van der Waals surface area contributed by atoms with Gasteiger partial charge in [0, 0.05) is 25.6 Å². The molecule has 0 saturated carbocycles. The van der Waals surface area contributed by atoms with Crippen LogP contribution in [0.5, 0.6) is 5.75 Å². The molecule has 0 spiro atoms. The number of primary amides is 1. The number of nitrogens with two attached hydrogens (primary N) is 3. The van der Waals surface area contributed by atoms with E-state index in [2.05, 4.69) is 36.9 Å². The minimum absolute atomic E-state index is 0.0136. The number of phenols is 1. The molecule has 13 N–H and O–H groups in total. The largest absolute Gasteiger partial charge is 0.508 e. The highest BCUT2D eigenvalue weighted by Gasteiger charge is 2.33. The molecule has 0 aliphatic rings. The number of hydrogen-bond donors (Lipinski definition) is 10. The van der Waals surface area contributed by atoms with E-state index in [-0.39, 0.29) is 68.6 Å². The van der Waals surface area contributed by atoms with Crippen LogP contribution in [0.3, 0.4) is 0 Å². The van der Waals surface area contributed by atoms with Crippen molar-refractivity contribution in [3.8, 4) is 5.75 Å². The van der Waals surface area contributed by atoms with Gasteiger partial charge in [-0.1, -0.05) is 51.6 Å². The fourth-order valence-corrected chi connectivity index (χ4v) is 6.72. The van der Waals surface area contributed by atoms with Crippen molar-refractivity contribution in [2.75, 3.05) is 18.9 Å². The van der Waals surface area contributed by atoms with E-state index in [1.807, 2.05) is 13.8 Å². The van der Waals surface area contributed by atoms with Crippen molar-refractivity contribution in [3.05, 3.63) is 29.8 Å². The SMILES string of the molecule is CCOC(=O)CCSC(=O)[C@@H](NC(=O)[C@H](CC(N)=O)NC(=O)[C@H](C)NC(=O)[C@H](CCCN=C(N)N)NC(=O)C(Cc1ccc(O)cc1)NC(=O)[C@H](CC(C)C)NC(C)=O)C(C)C. The van der Waals surface area contributed by atoms with Gasteiger partial charge in [0.1, 0.15) is 42.0 Å². The summed E-state index contributed by atoms with van der Waals surface area (Å²) in [6, 6.07) is -1.75. The number of benzene rings is 1. The lowest BCUT2D eigenvalue weighted by Crippen LogP contribution is -2.59. The summed E-state index contributed by atoms with van der Waals surface area (Å²) in [4.78, 5) is 121. The topological polar surface area (TPSA) is 346 Å². The van der Waals surface area contributed by atoms with Crippen molar-refractivity contribution in [1.29, 1.82) is 0 Å². The number of phenolic OH excluding ortho intramolecular Hbond substituents is 1. The van der Waals surface area contributed by atoms with Gasteiger partial charge in [0.05, 0.1) is 19.4 Å². The highest BCUT2D eigenvalue weighted by molar-refractivity contribution is 8.13. The molecule has 21 nitrogen and oxygen atoms in total. The zero-order valence-corrected chi connectivity index (χ0v) is 37.2. The standard InChI is InChI=1S/C40H64N10O11S/c1-8-61-32(54)15-17-62-39(60)33(22(4)5)50-38(59)30(20-31(41)53)48-34(55)23(6)45-35(56)27(10-9-16-44-40(42)43)47-37(58)29(19-25-11-13-26(52)14-12-25)49-36(57)28(18-21(2)3)46-24(7)51/h11-14,21-23,27-30,33,52H,8-10,15-20H2,1-7H3,(H2,41,53)(H,45,56)(H,46,51)(H,47,58)(H,48,55)(H,49,57)(H,50,59)(H4,42,43,44)/t23-,27-,28-,29?,30-,33-/m0/s1. The minimum atomic E-state index is -1.56. The number of carbonyl (C=O) groups is 9. The highest BCUT2D eigenvalue weighted by Crippen LogP contribution is 2.16. The van der Waals surface area contributed by atoms with E-state index in [0.29, 0.717) is 5.56 Å². The lowest BCUT2D eigenvalue weighted by Gasteiger charge is -2.27. The molecule has 1 unspecified atom stereocenters. The molecule has 6 atom stereocenters. The Balaban J connectivity index is 3.31. The van der Waals surface area contributed by atoms with Gasteiger partial charge in [-0.15, -0.1) is 0 Å². The molecule has 0 saturated heterocycles. The maximum Gasteiger partial charge on any atom is 0.306 e. The molecule has 1 aromatic carbocycles. The van der Waals surface area contributed by atoms with Crippen LogP contribution in [0.15, 0.2) is 29.3 Å². The van der Waals surface area contributed by atoms with Gasteiger partial charge in [-0.2, -0.15) is 0 Å². The van der Waals surface area contributed by atoms with Crippen LogP contribution in [-0.2, 0) is 54.3 Å². The lowest BCUT2D eigenvalue weighted by molar-refractivity contribution is -0.142. The number of nitrogens with zero attached hydrogens (tertiary/aromatic N) is 1. The summed E-state index contributed by atoms with van der Waals surface area (Å²) in [5, 5.41) is 24.7. The van der Waals surface area contributed by atoms with Crippen LogP contribution in [0, 0.1) is 11.8 Å². The predicted molar refractivity (Wildman–Crippen MR) is 231 cm³/mol. The zero-order valence-electron chi connectivity index (χ0n) is 36.4. The molecule has 7 amide bonds. The Morgan fingerprint density at radius 1 is 0.742 bits per heavy atom. The van der Waals surface area contributed by atoms with Gasteiger partial charge >= 0.3 is 5.97 Å². The van der Waals surface area contributed by atoms with E-state index < -0.39 is 101 Å². The van der Waals surface area contributed by atoms with Crippen molar-refractivity contribution < 1.29 is 53.0 Å². The van der Waals surface area contributed by atoms with Crippen molar-refractivity contribution in [1.82, 2.24) is 31.9 Å². The van der Waals surface area contributed by atoms with E-state index in [9.17, 15) is 48.3 Å². The fourth-order valence-electron chi connectivity index (χ4n) is 5.74. The number of thioether (sulfide) groups is 1. The van der Waals surface area contributed by atoms with Crippen molar-refractivity contribution in [3.63, 3.8) is 0 Å². The molecule has 0 aromatic heterocycles. The van der Waals surface area contributed by atoms with Gasteiger partial charge in [0.15, 0.2) is 5.96 Å². The number of carbonyl (C=O) groups excluding carboxylic acids is 9. The summed E-state index contributed by atoms with van der Waals surface area (Å²) < 4.78 is 4.87. The second-order valence-electron chi connectivity index (χ2n) is 15.2. The number of hydrogen-bond acceptors (Lipinski definition) is 13. The Morgan fingerprint density at radius 2 is 1.31 bits per heavy atom. The second kappa shape index (κ2) is 27.8. The fraction of sp³-hybridized carbons (Fsp3) is 0.600. The minimum Gasteiger partial charge on any atom is -0.508 e. The van der Waals surface area contributed by atoms with Gasteiger partial charge < -0.3 is 58.9 Å². The maximum atomic E-state index is 14.0. The molecule has 0 aliphatic carbocycles. The van der Waals surface area contributed by atoms with Crippen LogP contribution < -0.4 is 49.1 Å². The van der Waals surface area contributed by atoms with Gasteiger partial charge in [0.2, 0.25) is 46.5 Å². The van der Waals surface area contributed by atoms with Gasteiger partial charge in [-0.05, 0) is 62.6 Å². The van der Waals surface area contributed by atoms with Gasteiger partial charge in [-0.3, -0.25) is 48.1 Å². The monoisotopic (exact) mass is 892 g/mol. The highest BCUT2D eigenvalue weighted by atomic mass is 32.2. The Labute approximate surface area is 366 Å². The first-order valence-corrected chi connectivity index (χ1v) is 21.3. The molecule has 0 aliphatic heterocycles. The van der Waals surface area contributed by atoms with Crippen LogP contribution in [0.1, 0.15) is 86.1 Å². The maximum absolute atomic E-state index is 14.0. The smallest absolute Gasteiger partial charge is 0.306 e. The van der Waals surface area contributed by atoms with Crippen molar-refractivity contribution >= 4 is 70.2 Å². The molecule has 0 heterocycles. The third kappa shape index (κ3) is 21.5. The van der Waals surface area contributed by atoms with Crippen LogP contribution in [0.4, 0.5) is 0 Å². The average Bonchev–Trinajstić information content (AvgIpc) is 3.17. The van der Waals surface area contributed by atoms with Gasteiger partial charge in [-0.25, -0.2) is 0 Å². The Hall–Kier alpha value is -5.93. The number of nitrogens with one attached hydrogen (secondary N) is 6. The molecule has 0 bridgehead atoms. The predicted octanol–water partition coefficient (Wildman–Crippen LogP) is -1.27. The molecule has 0 fully saturated rings. The summed E-state index contributed by atoms with van der Waals surface area (Å²) in [5.74, 6) is -6.64. The summed E-state index contributed by atoms with van der Waals surface area (Å²) in [6.45, 7) is 11.5. The van der Waals surface area contributed by atoms with E-state index >= 15 is 0 Å². The third-order valence-electron chi connectivity index (χ3n) is 8.85. The number of guanidine groups is 1. The van der Waals surface area contributed by atoms with Crippen LogP contribution >= 0.6 is 11.8 Å². The Bertz CT molecular complexity index is 1740. The average molecular weight is 893 g/mol. The Kier molecular flexibility index (Phi) is 24.3. The molecule has 0 radical (unpaired) electrons. The summed E-state index contributed by atoms with van der Waals surface area (Å²) in [5.41, 5.74) is 16.8. The number of aromatic hydroxyl groups is 1. The van der Waals surface area contributed by atoms with Gasteiger partial charge in [0.25, 0.3) is 0 Å². The number of ether oxygens (including phenoxy) is 1. The number of esters is 1. The summed E-state index contributed by atoms with van der Waals surface area (Å²) >= 11 is 0.810. The molecule has 62 heavy (non-hydrogen) atoms.